The highest BCUT2D eigenvalue weighted by Crippen LogP contribution is 2.33. The Morgan fingerprint density at radius 3 is 2.27 bits per heavy atom. The van der Waals surface area contributed by atoms with Gasteiger partial charge in [-0.1, -0.05) is 6.07 Å². The SMILES string of the molecule is O=C(O)c1ccc(COc2ccc(F)cc2)c(C(F)(F)F)c1. The van der Waals surface area contributed by atoms with E-state index in [2.05, 4.69) is 0 Å². The lowest BCUT2D eigenvalue weighted by atomic mass is 10.0. The van der Waals surface area contributed by atoms with Crippen molar-refractivity contribution in [1.29, 1.82) is 0 Å². The molecule has 0 unspecified atom stereocenters. The highest BCUT2D eigenvalue weighted by atomic mass is 19.4. The summed E-state index contributed by atoms with van der Waals surface area (Å²) in [5, 5.41) is 8.77. The van der Waals surface area contributed by atoms with Gasteiger partial charge < -0.3 is 9.84 Å². The molecule has 0 aliphatic heterocycles. The Morgan fingerprint density at radius 1 is 1.09 bits per heavy atom. The Hall–Kier alpha value is -2.57. The number of rotatable bonds is 4. The number of carboxylic acids is 1. The van der Waals surface area contributed by atoms with Crippen molar-refractivity contribution in [2.75, 3.05) is 0 Å². The molecule has 0 radical (unpaired) electrons. The first-order chi connectivity index (χ1) is 10.3. The summed E-state index contributed by atoms with van der Waals surface area (Å²) in [6, 6.07) is 7.49. The lowest BCUT2D eigenvalue weighted by molar-refractivity contribution is -0.138. The largest absolute Gasteiger partial charge is 0.489 e. The Kier molecular flexibility index (Phi) is 4.35. The van der Waals surface area contributed by atoms with Crippen LogP contribution < -0.4 is 4.74 Å². The zero-order chi connectivity index (χ0) is 16.3. The number of ether oxygens (including phenoxy) is 1. The van der Waals surface area contributed by atoms with Gasteiger partial charge in [-0.2, -0.15) is 13.2 Å². The van der Waals surface area contributed by atoms with Crippen molar-refractivity contribution < 1.29 is 32.2 Å². The molecular weight excluding hydrogens is 304 g/mol. The number of benzene rings is 2. The molecule has 0 spiro atoms. The Balaban J connectivity index is 2.26. The van der Waals surface area contributed by atoms with Crippen molar-refractivity contribution in [2.24, 2.45) is 0 Å². The number of halogens is 4. The van der Waals surface area contributed by atoms with Gasteiger partial charge in [-0.05, 0) is 36.4 Å². The number of hydrogen-bond donors (Lipinski definition) is 1. The first-order valence-electron chi connectivity index (χ1n) is 6.09. The zero-order valence-electron chi connectivity index (χ0n) is 11.0. The quantitative estimate of drug-likeness (QED) is 0.864. The molecule has 7 heteroatoms. The van der Waals surface area contributed by atoms with Gasteiger partial charge in [-0.25, -0.2) is 9.18 Å². The maximum Gasteiger partial charge on any atom is 0.416 e. The number of carboxylic acid groups (broad SMARTS) is 1. The van der Waals surface area contributed by atoms with Crippen molar-refractivity contribution >= 4 is 5.97 Å². The van der Waals surface area contributed by atoms with Crippen molar-refractivity contribution in [3.8, 4) is 5.75 Å². The van der Waals surface area contributed by atoms with E-state index in [1.54, 1.807) is 0 Å². The molecular formula is C15H10F4O3. The second-order valence-corrected chi connectivity index (χ2v) is 4.42. The molecule has 0 saturated heterocycles. The predicted octanol–water partition coefficient (Wildman–Crippen LogP) is 4.12. The standard InChI is InChI=1S/C15H10F4O3/c16-11-3-5-12(6-4-11)22-8-10-2-1-9(14(20)21)7-13(10)15(17,18)19/h1-7H,8H2,(H,20,21). The molecule has 2 aromatic carbocycles. The maximum atomic E-state index is 13.0. The van der Waals surface area contributed by atoms with E-state index in [0.29, 0.717) is 6.07 Å². The molecule has 116 valence electrons. The molecule has 3 nitrogen and oxygen atoms in total. The first kappa shape index (κ1) is 15.8. The van der Waals surface area contributed by atoms with Crippen LogP contribution in [0, 0.1) is 5.82 Å². The van der Waals surface area contributed by atoms with E-state index in [0.717, 1.165) is 24.3 Å². The van der Waals surface area contributed by atoms with Gasteiger partial charge in [0.25, 0.3) is 0 Å². The third-order valence-electron chi connectivity index (χ3n) is 2.87. The summed E-state index contributed by atoms with van der Waals surface area (Å²) >= 11 is 0. The van der Waals surface area contributed by atoms with Gasteiger partial charge in [0.1, 0.15) is 18.2 Å². The van der Waals surface area contributed by atoms with E-state index in [1.165, 1.54) is 12.1 Å². The van der Waals surface area contributed by atoms with Crippen LogP contribution in [-0.4, -0.2) is 11.1 Å². The summed E-state index contributed by atoms with van der Waals surface area (Å²) in [7, 11) is 0. The molecule has 0 bridgehead atoms. The van der Waals surface area contributed by atoms with E-state index in [4.69, 9.17) is 9.84 Å². The van der Waals surface area contributed by atoms with Crippen LogP contribution in [0.25, 0.3) is 0 Å². The third-order valence-corrected chi connectivity index (χ3v) is 2.87. The van der Waals surface area contributed by atoms with Crippen LogP contribution in [0.15, 0.2) is 42.5 Å². The summed E-state index contributed by atoms with van der Waals surface area (Å²) in [6.45, 7) is -0.416. The molecule has 0 saturated carbocycles. The summed E-state index contributed by atoms with van der Waals surface area (Å²) in [4.78, 5) is 10.8. The van der Waals surface area contributed by atoms with Gasteiger partial charge in [0.05, 0.1) is 11.1 Å². The lowest BCUT2D eigenvalue weighted by Crippen LogP contribution is -2.13. The van der Waals surface area contributed by atoms with Crippen LogP contribution in [0.4, 0.5) is 17.6 Å². The van der Waals surface area contributed by atoms with Gasteiger partial charge in [-0.15, -0.1) is 0 Å². The van der Waals surface area contributed by atoms with Crippen LogP contribution in [0.1, 0.15) is 21.5 Å². The summed E-state index contributed by atoms with van der Waals surface area (Å²) < 4.78 is 56.8. The fraction of sp³-hybridized carbons (Fsp3) is 0.133. The van der Waals surface area contributed by atoms with Gasteiger partial charge >= 0.3 is 12.1 Å². The van der Waals surface area contributed by atoms with Gasteiger partial charge in [0.2, 0.25) is 0 Å². The van der Waals surface area contributed by atoms with Crippen LogP contribution in [0.5, 0.6) is 5.75 Å². The Labute approximate surface area is 122 Å². The van der Waals surface area contributed by atoms with Gasteiger partial charge in [0.15, 0.2) is 0 Å². The summed E-state index contributed by atoms with van der Waals surface area (Å²) in [5.74, 6) is -1.73. The normalized spacial score (nSPS) is 11.3. The smallest absolute Gasteiger partial charge is 0.416 e. The molecule has 0 aliphatic rings. The van der Waals surface area contributed by atoms with Crippen molar-refractivity contribution in [1.82, 2.24) is 0 Å². The molecule has 2 rings (SSSR count). The predicted molar refractivity (Wildman–Crippen MR) is 69.1 cm³/mol. The Morgan fingerprint density at radius 2 is 1.73 bits per heavy atom. The molecule has 0 amide bonds. The number of aromatic carboxylic acids is 1. The molecule has 0 heterocycles. The fourth-order valence-corrected chi connectivity index (χ4v) is 1.79. The van der Waals surface area contributed by atoms with Crippen LogP contribution in [-0.2, 0) is 12.8 Å². The molecule has 22 heavy (non-hydrogen) atoms. The lowest BCUT2D eigenvalue weighted by Gasteiger charge is -2.14. The van der Waals surface area contributed by atoms with E-state index in [9.17, 15) is 22.4 Å². The van der Waals surface area contributed by atoms with Crippen molar-refractivity contribution in [3.63, 3.8) is 0 Å². The Bertz CT molecular complexity index is 678. The summed E-state index contributed by atoms with van der Waals surface area (Å²) in [6.07, 6.45) is -4.70. The molecule has 0 fully saturated rings. The van der Waals surface area contributed by atoms with E-state index >= 15 is 0 Å². The average molecular weight is 314 g/mol. The highest BCUT2D eigenvalue weighted by Gasteiger charge is 2.34. The van der Waals surface area contributed by atoms with Crippen LogP contribution in [0.2, 0.25) is 0 Å². The minimum absolute atomic E-state index is 0.205. The van der Waals surface area contributed by atoms with Crippen LogP contribution >= 0.6 is 0 Å². The van der Waals surface area contributed by atoms with Gasteiger partial charge in [-0.3, -0.25) is 0 Å². The zero-order valence-corrected chi connectivity index (χ0v) is 11.0. The number of hydrogen-bond acceptors (Lipinski definition) is 2. The molecule has 2 aromatic rings. The molecule has 0 atom stereocenters. The number of alkyl halides is 3. The summed E-state index contributed by atoms with van der Waals surface area (Å²) in [5.41, 5.74) is -1.74. The maximum absolute atomic E-state index is 13.0. The minimum atomic E-state index is -4.70. The first-order valence-corrected chi connectivity index (χ1v) is 6.09. The highest BCUT2D eigenvalue weighted by molar-refractivity contribution is 5.88. The van der Waals surface area contributed by atoms with Crippen molar-refractivity contribution in [2.45, 2.75) is 12.8 Å². The molecule has 0 aromatic heterocycles. The van der Waals surface area contributed by atoms with E-state index in [-0.39, 0.29) is 11.3 Å². The second kappa shape index (κ2) is 6.05. The minimum Gasteiger partial charge on any atom is -0.489 e. The topological polar surface area (TPSA) is 46.5 Å². The van der Waals surface area contributed by atoms with E-state index in [1.807, 2.05) is 0 Å². The average Bonchev–Trinajstić information content (AvgIpc) is 2.45. The van der Waals surface area contributed by atoms with E-state index < -0.39 is 35.7 Å². The second-order valence-electron chi connectivity index (χ2n) is 4.42. The fourth-order valence-electron chi connectivity index (χ4n) is 1.79. The van der Waals surface area contributed by atoms with Crippen molar-refractivity contribution in [3.05, 3.63) is 65.0 Å². The van der Waals surface area contributed by atoms with Gasteiger partial charge in [0, 0.05) is 5.56 Å². The molecule has 0 aliphatic carbocycles. The van der Waals surface area contributed by atoms with Crippen LogP contribution in [0.3, 0.4) is 0 Å². The molecule has 1 N–H and O–H groups in total. The monoisotopic (exact) mass is 314 g/mol. The third kappa shape index (κ3) is 3.75. The number of carbonyl (C=O) groups is 1.